The van der Waals surface area contributed by atoms with E-state index >= 15 is 0 Å². The summed E-state index contributed by atoms with van der Waals surface area (Å²) in [5, 5.41) is -0.233. The van der Waals surface area contributed by atoms with Crippen molar-refractivity contribution in [3.05, 3.63) is 40.6 Å². The molecule has 0 radical (unpaired) electrons. The normalized spacial score (nSPS) is 17.4. The van der Waals surface area contributed by atoms with Crippen LogP contribution in [0.3, 0.4) is 0 Å². The standard InChI is InChI=1S/C16H20N2O2S/c1-6-7-17-15(19)14(21-16(17)20)9-13-8-11(4)18(10(2)3)12(13)5/h6,8-10H,1,7H2,2-5H3/b14-9+. The zero-order chi connectivity index (χ0) is 15.7. The van der Waals surface area contributed by atoms with Crippen LogP contribution in [-0.4, -0.2) is 27.2 Å². The molecule has 21 heavy (non-hydrogen) atoms. The van der Waals surface area contributed by atoms with Crippen LogP contribution >= 0.6 is 11.8 Å². The lowest BCUT2D eigenvalue weighted by molar-refractivity contribution is -0.122. The van der Waals surface area contributed by atoms with E-state index in [2.05, 4.69) is 31.1 Å². The lowest BCUT2D eigenvalue weighted by Gasteiger charge is -2.13. The van der Waals surface area contributed by atoms with Gasteiger partial charge in [-0.25, -0.2) is 0 Å². The molecule has 5 heteroatoms. The Labute approximate surface area is 129 Å². The summed E-state index contributed by atoms with van der Waals surface area (Å²) in [5.41, 5.74) is 3.25. The van der Waals surface area contributed by atoms with E-state index in [9.17, 15) is 9.59 Å². The Morgan fingerprint density at radius 2 is 2.00 bits per heavy atom. The minimum absolute atomic E-state index is 0.233. The number of nitrogens with zero attached hydrogens (tertiary/aromatic N) is 2. The fourth-order valence-corrected chi connectivity index (χ4v) is 3.51. The molecule has 2 heterocycles. The van der Waals surface area contributed by atoms with Crippen molar-refractivity contribution in [3.63, 3.8) is 0 Å². The number of rotatable bonds is 4. The number of carbonyl (C=O) groups excluding carboxylic acids is 2. The lowest BCUT2D eigenvalue weighted by Crippen LogP contribution is -2.27. The van der Waals surface area contributed by atoms with Gasteiger partial charge < -0.3 is 4.57 Å². The van der Waals surface area contributed by atoms with Crippen LogP contribution in [0.2, 0.25) is 0 Å². The molecule has 1 saturated heterocycles. The van der Waals surface area contributed by atoms with Gasteiger partial charge in [0.05, 0.1) is 4.91 Å². The van der Waals surface area contributed by atoms with E-state index in [0.29, 0.717) is 10.9 Å². The van der Waals surface area contributed by atoms with Crippen molar-refractivity contribution in [3.8, 4) is 0 Å². The third-order valence-electron chi connectivity index (χ3n) is 3.51. The van der Waals surface area contributed by atoms with E-state index in [0.717, 1.165) is 28.7 Å². The molecule has 1 fully saturated rings. The van der Waals surface area contributed by atoms with Crippen molar-refractivity contribution in [1.29, 1.82) is 0 Å². The van der Waals surface area contributed by atoms with Gasteiger partial charge in [0, 0.05) is 24.0 Å². The van der Waals surface area contributed by atoms with Crippen molar-refractivity contribution in [2.24, 2.45) is 0 Å². The van der Waals surface area contributed by atoms with E-state index < -0.39 is 0 Å². The van der Waals surface area contributed by atoms with E-state index in [1.165, 1.54) is 4.90 Å². The second-order valence-corrected chi connectivity index (χ2v) is 6.36. The van der Waals surface area contributed by atoms with Gasteiger partial charge in [-0.2, -0.15) is 0 Å². The molecular formula is C16H20N2O2S. The highest BCUT2D eigenvalue weighted by Crippen LogP contribution is 2.33. The monoisotopic (exact) mass is 304 g/mol. The van der Waals surface area contributed by atoms with Crippen LogP contribution in [0.5, 0.6) is 0 Å². The largest absolute Gasteiger partial charge is 0.346 e. The van der Waals surface area contributed by atoms with Crippen LogP contribution in [0, 0.1) is 13.8 Å². The van der Waals surface area contributed by atoms with Gasteiger partial charge in [-0.05, 0) is 57.2 Å². The Morgan fingerprint density at radius 3 is 2.52 bits per heavy atom. The van der Waals surface area contributed by atoms with Gasteiger partial charge in [-0.1, -0.05) is 6.08 Å². The molecule has 1 aromatic heterocycles. The molecule has 0 saturated carbocycles. The highest BCUT2D eigenvalue weighted by Gasteiger charge is 2.34. The van der Waals surface area contributed by atoms with Crippen molar-refractivity contribution >= 4 is 29.0 Å². The maximum absolute atomic E-state index is 12.2. The van der Waals surface area contributed by atoms with Gasteiger partial charge in [0.25, 0.3) is 11.1 Å². The van der Waals surface area contributed by atoms with Crippen LogP contribution in [-0.2, 0) is 4.79 Å². The van der Waals surface area contributed by atoms with Gasteiger partial charge in [-0.15, -0.1) is 6.58 Å². The highest BCUT2D eigenvalue weighted by molar-refractivity contribution is 8.18. The van der Waals surface area contributed by atoms with Crippen LogP contribution in [0.15, 0.2) is 23.6 Å². The molecule has 0 unspecified atom stereocenters. The average Bonchev–Trinajstić information content (AvgIpc) is 2.81. The number of thioether (sulfide) groups is 1. The second-order valence-electron chi connectivity index (χ2n) is 5.37. The topological polar surface area (TPSA) is 42.3 Å². The van der Waals surface area contributed by atoms with E-state index in [-0.39, 0.29) is 17.7 Å². The first-order valence-corrected chi connectivity index (χ1v) is 7.73. The van der Waals surface area contributed by atoms with Crippen molar-refractivity contribution in [1.82, 2.24) is 9.47 Å². The van der Waals surface area contributed by atoms with E-state index in [1.54, 1.807) is 6.08 Å². The molecule has 1 aliphatic rings. The fraction of sp³-hybridized carbons (Fsp3) is 0.375. The smallest absolute Gasteiger partial charge is 0.293 e. The lowest BCUT2D eigenvalue weighted by atomic mass is 10.2. The first-order chi connectivity index (χ1) is 9.86. The molecule has 0 spiro atoms. The SMILES string of the molecule is C=CCN1C(=O)S/C(=C/c2cc(C)n(C(C)C)c2C)C1=O. The molecule has 0 N–H and O–H groups in total. The molecule has 1 aromatic rings. The van der Waals surface area contributed by atoms with E-state index in [4.69, 9.17) is 0 Å². The van der Waals surface area contributed by atoms with Gasteiger partial charge in [0.15, 0.2) is 0 Å². The quantitative estimate of drug-likeness (QED) is 0.625. The maximum atomic E-state index is 12.2. The Kier molecular flexibility index (Phi) is 4.42. The minimum Gasteiger partial charge on any atom is -0.346 e. The number of imide groups is 1. The Bertz CT molecular complexity index is 641. The van der Waals surface area contributed by atoms with Gasteiger partial charge in [0.2, 0.25) is 0 Å². The molecule has 2 amide bonds. The number of aromatic nitrogens is 1. The number of amides is 2. The predicted molar refractivity (Wildman–Crippen MR) is 87.2 cm³/mol. The van der Waals surface area contributed by atoms with Crippen molar-refractivity contribution in [2.45, 2.75) is 33.7 Å². The summed E-state index contributed by atoms with van der Waals surface area (Å²) in [4.78, 5) is 25.7. The number of carbonyl (C=O) groups is 2. The summed E-state index contributed by atoms with van der Waals surface area (Å²) >= 11 is 0.990. The van der Waals surface area contributed by atoms with Gasteiger partial charge >= 0.3 is 0 Å². The zero-order valence-electron chi connectivity index (χ0n) is 12.8. The molecule has 1 aliphatic heterocycles. The fourth-order valence-electron chi connectivity index (χ4n) is 2.67. The molecule has 112 valence electrons. The third-order valence-corrected chi connectivity index (χ3v) is 4.42. The van der Waals surface area contributed by atoms with Crippen molar-refractivity contribution in [2.75, 3.05) is 6.54 Å². The molecule has 0 aliphatic carbocycles. The van der Waals surface area contributed by atoms with E-state index in [1.807, 2.05) is 19.9 Å². The molecule has 0 aromatic carbocycles. The zero-order valence-corrected chi connectivity index (χ0v) is 13.7. The summed E-state index contributed by atoms with van der Waals surface area (Å²) in [6.07, 6.45) is 3.37. The second kappa shape index (κ2) is 5.93. The summed E-state index contributed by atoms with van der Waals surface area (Å²) in [6.45, 7) is 12.2. The molecule has 0 bridgehead atoms. The van der Waals surface area contributed by atoms with Gasteiger partial charge in [-0.3, -0.25) is 14.5 Å². The van der Waals surface area contributed by atoms with Crippen LogP contribution in [0.25, 0.3) is 6.08 Å². The summed E-state index contributed by atoms with van der Waals surface area (Å²) in [6, 6.07) is 2.42. The molecular weight excluding hydrogens is 284 g/mol. The molecule has 2 rings (SSSR count). The van der Waals surface area contributed by atoms with Crippen LogP contribution in [0.1, 0.15) is 36.8 Å². The third kappa shape index (κ3) is 2.83. The van der Waals surface area contributed by atoms with Gasteiger partial charge in [0.1, 0.15) is 0 Å². The summed E-state index contributed by atoms with van der Waals surface area (Å²) in [7, 11) is 0. The minimum atomic E-state index is -0.237. The highest BCUT2D eigenvalue weighted by atomic mass is 32.2. The van der Waals surface area contributed by atoms with Crippen LogP contribution in [0.4, 0.5) is 4.79 Å². The Balaban J connectivity index is 2.37. The average molecular weight is 304 g/mol. The Morgan fingerprint density at radius 1 is 1.33 bits per heavy atom. The molecule has 0 atom stereocenters. The summed E-state index contributed by atoms with van der Waals surface area (Å²) < 4.78 is 2.22. The number of aryl methyl sites for hydroxylation is 1. The first-order valence-electron chi connectivity index (χ1n) is 6.91. The maximum Gasteiger partial charge on any atom is 0.293 e. The van der Waals surface area contributed by atoms with Crippen molar-refractivity contribution < 1.29 is 9.59 Å². The first kappa shape index (κ1) is 15.6. The number of hydrogen-bond donors (Lipinski definition) is 0. The molecule has 4 nitrogen and oxygen atoms in total. The predicted octanol–water partition coefficient (Wildman–Crippen LogP) is 3.91. The Hall–Kier alpha value is -1.75. The van der Waals surface area contributed by atoms with Crippen LogP contribution < -0.4 is 0 Å². The number of hydrogen-bond acceptors (Lipinski definition) is 3. The summed E-state index contributed by atoms with van der Waals surface area (Å²) in [5.74, 6) is -0.237.